The SMILES string of the molecule is Cc1ccc(-n2nc(C(C)(C)CO)cc2NC(=O)Nc2ccc(Oc3ccncc3)cc2)cc1. The normalized spacial score (nSPS) is 11.2. The number of aliphatic hydroxyl groups excluding tert-OH is 1. The van der Waals surface area contributed by atoms with E-state index in [1.165, 1.54) is 0 Å². The first-order valence-corrected chi connectivity index (χ1v) is 10.9. The predicted octanol–water partition coefficient (Wildman–Crippen LogP) is 5.28. The third-order valence-electron chi connectivity index (χ3n) is 5.32. The lowest BCUT2D eigenvalue weighted by molar-refractivity contribution is 0.215. The number of carbonyl (C=O) groups is 1. The molecule has 4 rings (SSSR count). The molecule has 34 heavy (non-hydrogen) atoms. The van der Waals surface area contributed by atoms with E-state index in [0.29, 0.717) is 28.7 Å². The standard InChI is InChI=1S/C26H27N5O3/c1-18-4-8-20(9-5-18)31-24(16-23(30-31)26(2,3)17-32)29-25(33)28-19-6-10-21(11-7-19)34-22-12-14-27-15-13-22/h4-16,32H,17H2,1-3H3,(H2,28,29,33). The van der Waals surface area contributed by atoms with Gasteiger partial charge in [-0.15, -0.1) is 0 Å². The fourth-order valence-electron chi connectivity index (χ4n) is 3.19. The Morgan fingerprint density at radius 1 is 0.971 bits per heavy atom. The molecule has 0 radical (unpaired) electrons. The molecule has 0 saturated carbocycles. The first-order chi connectivity index (χ1) is 16.3. The lowest BCUT2D eigenvalue weighted by atomic mass is 9.91. The minimum Gasteiger partial charge on any atom is -0.457 e. The highest BCUT2D eigenvalue weighted by molar-refractivity contribution is 5.99. The van der Waals surface area contributed by atoms with E-state index in [1.54, 1.807) is 59.5 Å². The molecule has 0 atom stereocenters. The van der Waals surface area contributed by atoms with Crippen LogP contribution < -0.4 is 15.4 Å². The number of hydrogen-bond acceptors (Lipinski definition) is 5. The van der Waals surface area contributed by atoms with Crippen LogP contribution in [0.25, 0.3) is 5.69 Å². The molecule has 0 aliphatic rings. The number of rotatable bonds is 7. The summed E-state index contributed by atoms with van der Waals surface area (Å²) < 4.78 is 7.42. The van der Waals surface area contributed by atoms with Crippen LogP contribution in [0.5, 0.6) is 11.5 Å². The van der Waals surface area contributed by atoms with Crippen molar-refractivity contribution >= 4 is 17.5 Å². The first-order valence-electron chi connectivity index (χ1n) is 10.9. The van der Waals surface area contributed by atoms with Gasteiger partial charge in [0.05, 0.1) is 18.0 Å². The van der Waals surface area contributed by atoms with Crippen molar-refractivity contribution in [1.82, 2.24) is 14.8 Å². The molecule has 2 heterocycles. The Labute approximate surface area is 198 Å². The topological polar surface area (TPSA) is 101 Å². The second kappa shape index (κ2) is 9.76. The zero-order valence-electron chi connectivity index (χ0n) is 19.3. The van der Waals surface area contributed by atoms with E-state index in [1.807, 2.05) is 45.0 Å². The Balaban J connectivity index is 1.50. The predicted molar refractivity (Wildman–Crippen MR) is 132 cm³/mol. The number of aromatic nitrogens is 3. The molecule has 8 nitrogen and oxygen atoms in total. The number of nitrogens with one attached hydrogen (secondary N) is 2. The molecule has 0 aliphatic heterocycles. The summed E-state index contributed by atoms with van der Waals surface area (Å²) >= 11 is 0. The molecule has 0 fully saturated rings. The largest absolute Gasteiger partial charge is 0.457 e. The summed E-state index contributed by atoms with van der Waals surface area (Å²) in [7, 11) is 0. The average molecular weight is 458 g/mol. The van der Waals surface area contributed by atoms with Crippen molar-refractivity contribution in [3.8, 4) is 17.2 Å². The van der Waals surface area contributed by atoms with Gasteiger partial charge in [-0.3, -0.25) is 10.3 Å². The summed E-state index contributed by atoms with van der Waals surface area (Å²) in [6, 6.07) is 19.8. The van der Waals surface area contributed by atoms with Gasteiger partial charge in [0.15, 0.2) is 0 Å². The molecule has 4 aromatic rings. The van der Waals surface area contributed by atoms with Crippen molar-refractivity contribution in [2.75, 3.05) is 17.2 Å². The number of aryl methyl sites for hydroxylation is 1. The van der Waals surface area contributed by atoms with E-state index in [4.69, 9.17) is 4.74 Å². The van der Waals surface area contributed by atoms with Gasteiger partial charge in [-0.1, -0.05) is 31.5 Å². The van der Waals surface area contributed by atoms with Gasteiger partial charge in [-0.2, -0.15) is 5.10 Å². The van der Waals surface area contributed by atoms with Crippen molar-refractivity contribution in [3.63, 3.8) is 0 Å². The number of nitrogens with zero attached hydrogens (tertiary/aromatic N) is 3. The zero-order chi connectivity index (χ0) is 24.1. The molecule has 0 spiro atoms. The molecule has 8 heteroatoms. The maximum Gasteiger partial charge on any atom is 0.324 e. The molecule has 0 unspecified atom stereocenters. The van der Waals surface area contributed by atoms with Gasteiger partial charge in [-0.05, 0) is 55.5 Å². The number of amides is 2. The van der Waals surface area contributed by atoms with E-state index < -0.39 is 11.4 Å². The number of aliphatic hydroxyl groups is 1. The van der Waals surface area contributed by atoms with Gasteiger partial charge in [0.25, 0.3) is 0 Å². The summed E-state index contributed by atoms with van der Waals surface area (Å²) in [4.78, 5) is 16.7. The van der Waals surface area contributed by atoms with Gasteiger partial charge in [0.1, 0.15) is 17.3 Å². The molecule has 0 aliphatic carbocycles. The molecule has 2 aromatic carbocycles. The van der Waals surface area contributed by atoms with Gasteiger partial charge in [0, 0.05) is 29.6 Å². The van der Waals surface area contributed by atoms with E-state index in [-0.39, 0.29) is 6.61 Å². The molecule has 3 N–H and O–H groups in total. The maximum absolute atomic E-state index is 12.8. The second-order valence-corrected chi connectivity index (χ2v) is 8.59. The number of hydrogen-bond donors (Lipinski definition) is 3. The van der Waals surface area contributed by atoms with Crippen LogP contribution in [0.4, 0.5) is 16.3 Å². The number of urea groups is 1. The highest BCUT2D eigenvalue weighted by atomic mass is 16.5. The van der Waals surface area contributed by atoms with Gasteiger partial charge < -0.3 is 15.2 Å². The lowest BCUT2D eigenvalue weighted by Gasteiger charge is -2.18. The Morgan fingerprint density at radius 3 is 2.26 bits per heavy atom. The third kappa shape index (κ3) is 5.41. The van der Waals surface area contributed by atoms with Crippen LogP contribution >= 0.6 is 0 Å². The quantitative estimate of drug-likeness (QED) is 0.350. The van der Waals surface area contributed by atoms with Crippen LogP contribution in [0.1, 0.15) is 25.1 Å². The van der Waals surface area contributed by atoms with Gasteiger partial charge in [0.2, 0.25) is 0 Å². The average Bonchev–Trinajstić information content (AvgIpc) is 3.26. The first kappa shape index (κ1) is 23.0. The molecule has 2 aromatic heterocycles. The highest BCUT2D eigenvalue weighted by Crippen LogP contribution is 2.27. The number of pyridine rings is 1. The molecular weight excluding hydrogens is 430 g/mol. The van der Waals surface area contributed by atoms with E-state index in [2.05, 4.69) is 20.7 Å². The van der Waals surface area contributed by atoms with Gasteiger partial charge >= 0.3 is 6.03 Å². The van der Waals surface area contributed by atoms with Crippen LogP contribution in [0.3, 0.4) is 0 Å². The molecule has 0 saturated heterocycles. The van der Waals surface area contributed by atoms with Crippen LogP contribution in [0.2, 0.25) is 0 Å². The number of anilines is 2. The van der Waals surface area contributed by atoms with Crippen molar-refractivity contribution in [1.29, 1.82) is 0 Å². The fourth-order valence-corrected chi connectivity index (χ4v) is 3.19. The van der Waals surface area contributed by atoms with Crippen LogP contribution in [-0.2, 0) is 5.41 Å². The van der Waals surface area contributed by atoms with Crippen molar-refractivity contribution in [3.05, 3.63) is 90.4 Å². The lowest BCUT2D eigenvalue weighted by Crippen LogP contribution is -2.22. The van der Waals surface area contributed by atoms with E-state index in [9.17, 15) is 9.90 Å². The monoisotopic (exact) mass is 457 g/mol. The van der Waals surface area contributed by atoms with Crippen molar-refractivity contribution < 1.29 is 14.6 Å². The summed E-state index contributed by atoms with van der Waals surface area (Å²) in [5.41, 5.74) is 2.64. The Kier molecular flexibility index (Phi) is 6.60. The smallest absolute Gasteiger partial charge is 0.324 e. The second-order valence-electron chi connectivity index (χ2n) is 8.59. The van der Waals surface area contributed by atoms with Crippen molar-refractivity contribution in [2.45, 2.75) is 26.2 Å². The van der Waals surface area contributed by atoms with Crippen LogP contribution in [0, 0.1) is 6.92 Å². The molecular formula is C26H27N5O3. The fraction of sp³-hybridized carbons (Fsp3) is 0.192. The Hall–Kier alpha value is -4.17. The van der Waals surface area contributed by atoms with E-state index in [0.717, 1.165) is 11.3 Å². The number of ether oxygens (including phenoxy) is 1. The molecule has 0 bridgehead atoms. The van der Waals surface area contributed by atoms with Crippen LogP contribution in [0.15, 0.2) is 79.1 Å². The molecule has 174 valence electrons. The minimum absolute atomic E-state index is 0.0720. The summed E-state index contributed by atoms with van der Waals surface area (Å²) in [5.74, 6) is 1.82. The minimum atomic E-state index is -0.562. The Morgan fingerprint density at radius 2 is 1.62 bits per heavy atom. The molecule has 2 amide bonds. The summed E-state index contributed by atoms with van der Waals surface area (Å²) in [6.45, 7) is 5.73. The van der Waals surface area contributed by atoms with Gasteiger partial charge in [-0.25, -0.2) is 9.48 Å². The maximum atomic E-state index is 12.8. The zero-order valence-corrected chi connectivity index (χ0v) is 19.3. The highest BCUT2D eigenvalue weighted by Gasteiger charge is 2.25. The Bertz CT molecular complexity index is 1250. The third-order valence-corrected chi connectivity index (χ3v) is 5.32. The van der Waals surface area contributed by atoms with Crippen LogP contribution in [-0.4, -0.2) is 32.5 Å². The number of carbonyl (C=O) groups excluding carboxylic acids is 1. The van der Waals surface area contributed by atoms with E-state index >= 15 is 0 Å². The summed E-state index contributed by atoms with van der Waals surface area (Å²) in [5, 5.41) is 20.1. The van der Waals surface area contributed by atoms with Crippen molar-refractivity contribution in [2.24, 2.45) is 0 Å². The number of benzene rings is 2. The summed E-state index contributed by atoms with van der Waals surface area (Å²) in [6.07, 6.45) is 3.31.